The van der Waals surface area contributed by atoms with Crippen molar-refractivity contribution in [2.45, 2.75) is 19.9 Å². The Hall–Kier alpha value is -3.29. The van der Waals surface area contributed by atoms with Crippen LogP contribution in [0.25, 0.3) is 0 Å². The van der Waals surface area contributed by atoms with Crippen molar-refractivity contribution in [1.29, 1.82) is 0 Å². The largest absolute Gasteiger partial charge is 0.493 e. The Morgan fingerprint density at radius 1 is 1.11 bits per heavy atom. The van der Waals surface area contributed by atoms with Crippen LogP contribution < -0.4 is 19.5 Å². The molecule has 2 aromatic carbocycles. The summed E-state index contributed by atoms with van der Waals surface area (Å²) in [5, 5.41) is 13.3. The van der Waals surface area contributed by atoms with Crippen LogP contribution in [-0.4, -0.2) is 31.2 Å². The Labute approximate surface area is 157 Å². The number of carbonyl (C=O) groups is 1. The normalized spacial score (nSPS) is 10.1. The molecular formula is C19H22N2O6. The van der Waals surface area contributed by atoms with Gasteiger partial charge in [0.15, 0.2) is 18.1 Å². The summed E-state index contributed by atoms with van der Waals surface area (Å²) in [4.78, 5) is 22.0. The van der Waals surface area contributed by atoms with E-state index in [9.17, 15) is 14.9 Å². The molecule has 0 saturated heterocycles. The maximum Gasteiger partial charge on any atom is 0.269 e. The average Bonchev–Trinajstić information content (AvgIpc) is 2.69. The maximum atomic E-state index is 11.9. The predicted molar refractivity (Wildman–Crippen MR) is 99.2 cm³/mol. The highest BCUT2D eigenvalue weighted by Gasteiger charge is 2.09. The Bertz CT molecular complexity index is 776. The van der Waals surface area contributed by atoms with Crippen molar-refractivity contribution >= 4 is 11.6 Å². The third-order valence-electron chi connectivity index (χ3n) is 3.60. The Balaban J connectivity index is 1.83. The number of nitro groups is 1. The molecule has 2 rings (SSSR count). The summed E-state index contributed by atoms with van der Waals surface area (Å²) in [5.41, 5.74) is 0.825. The zero-order valence-corrected chi connectivity index (χ0v) is 15.3. The Morgan fingerprint density at radius 2 is 1.85 bits per heavy atom. The zero-order valence-electron chi connectivity index (χ0n) is 15.3. The molecule has 0 aromatic heterocycles. The second-order valence-corrected chi connectivity index (χ2v) is 5.65. The van der Waals surface area contributed by atoms with Gasteiger partial charge in [0.05, 0.1) is 18.6 Å². The summed E-state index contributed by atoms with van der Waals surface area (Å²) in [6, 6.07) is 11.0. The van der Waals surface area contributed by atoms with Gasteiger partial charge in [0.25, 0.3) is 11.6 Å². The first kappa shape index (κ1) is 20.0. The Morgan fingerprint density at radius 3 is 2.48 bits per heavy atom. The number of carbonyl (C=O) groups excluding carboxylic acids is 1. The van der Waals surface area contributed by atoms with Gasteiger partial charge in [-0.25, -0.2) is 0 Å². The molecule has 1 amide bonds. The van der Waals surface area contributed by atoms with E-state index in [-0.39, 0.29) is 18.2 Å². The van der Waals surface area contributed by atoms with Crippen molar-refractivity contribution in [3.63, 3.8) is 0 Å². The molecule has 0 heterocycles. The van der Waals surface area contributed by atoms with E-state index in [0.717, 1.165) is 12.0 Å². The summed E-state index contributed by atoms with van der Waals surface area (Å²) >= 11 is 0. The van der Waals surface area contributed by atoms with E-state index in [1.54, 1.807) is 7.11 Å². The quantitative estimate of drug-likeness (QED) is 0.507. The van der Waals surface area contributed by atoms with Crippen molar-refractivity contribution in [3.05, 3.63) is 58.1 Å². The van der Waals surface area contributed by atoms with E-state index in [2.05, 4.69) is 5.32 Å². The maximum absolute atomic E-state index is 11.9. The van der Waals surface area contributed by atoms with Crippen LogP contribution in [0.15, 0.2) is 42.5 Å². The lowest BCUT2D eigenvalue weighted by Crippen LogP contribution is -2.28. The van der Waals surface area contributed by atoms with Gasteiger partial charge in [-0.3, -0.25) is 14.9 Å². The Kier molecular flexibility index (Phi) is 7.42. The number of ether oxygens (including phenoxy) is 3. The summed E-state index contributed by atoms with van der Waals surface area (Å²) in [6.07, 6.45) is 0.899. The molecule has 0 fully saturated rings. The molecule has 0 atom stereocenters. The lowest BCUT2D eigenvalue weighted by Gasteiger charge is -2.12. The van der Waals surface area contributed by atoms with Gasteiger partial charge in [0.2, 0.25) is 0 Å². The van der Waals surface area contributed by atoms with Crippen LogP contribution in [0.3, 0.4) is 0 Å². The lowest BCUT2D eigenvalue weighted by atomic mass is 10.2. The van der Waals surface area contributed by atoms with Gasteiger partial charge in [-0.2, -0.15) is 0 Å². The van der Waals surface area contributed by atoms with Gasteiger partial charge in [0, 0.05) is 18.7 Å². The predicted octanol–water partition coefficient (Wildman–Crippen LogP) is 3.09. The van der Waals surface area contributed by atoms with Gasteiger partial charge in [-0.15, -0.1) is 0 Å². The molecule has 144 valence electrons. The summed E-state index contributed by atoms with van der Waals surface area (Å²) in [7, 11) is 1.56. The summed E-state index contributed by atoms with van der Waals surface area (Å²) in [6.45, 7) is 2.75. The molecule has 0 spiro atoms. The van der Waals surface area contributed by atoms with Gasteiger partial charge in [0.1, 0.15) is 5.75 Å². The van der Waals surface area contributed by atoms with Crippen LogP contribution in [0.1, 0.15) is 18.9 Å². The number of non-ortho nitro benzene ring substituents is 1. The van der Waals surface area contributed by atoms with Gasteiger partial charge in [-0.05, 0) is 36.2 Å². The van der Waals surface area contributed by atoms with Crippen LogP contribution in [0.5, 0.6) is 17.2 Å². The molecule has 0 saturated carbocycles. The minimum atomic E-state index is -0.497. The molecule has 0 aliphatic heterocycles. The van der Waals surface area contributed by atoms with E-state index < -0.39 is 4.92 Å². The van der Waals surface area contributed by atoms with Gasteiger partial charge >= 0.3 is 0 Å². The van der Waals surface area contributed by atoms with Crippen molar-refractivity contribution in [1.82, 2.24) is 5.32 Å². The van der Waals surface area contributed by atoms with E-state index in [4.69, 9.17) is 14.2 Å². The van der Waals surface area contributed by atoms with Crippen LogP contribution in [0.2, 0.25) is 0 Å². The number of rotatable bonds is 10. The molecule has 0 aliphatic rings. The summed E-state index contributed by atoms with van der Waals surface area (Å²) < 4.78 is 16.2. The topological polar surface area (TPSA) is 99.9 Å². The highest BCUT2D eigenvalue weighted by molar-refractivity contribution is 5.77. The number of amides is 1. The lowest BCUT2D eigenvalue weighted by molar-refractivity contribution is -0.384. The molecule has 2 aromatic rings. The fourth-order valence-corrected chi connectivity index (χ4v) is 2.22. The van der Waals surface area contributed by atoms with Crippen molar-refractivity contribution in [2.24, 2.45) is 0 Å². The minimum absolute atomic E-state index is 0.0351. The molecule has 0 radical (unpaired) electrons. The number of nitrogens with one attached hydrogen (secondary N) is 1. The van der Waals surface area contributed by atoms with Crippen molar-refractivity contribution in [3.8, 4) is 17.2 Å². The standard InChI is InChI=1S/C19H22N2O6/c1-3-10-26-17-9-4-14(11-18(17)25-2)12-20-19(22)13-27-16-7-5-15(6-8-16)21(23)24/h4-9,11H,3,10,12-13H2,1-2H3,(H,20,22). The molecule has 1 N–H and O–H groups in total. The summed E-state index contributed by atoms with van der Waals surface area (Å²) in [5.74, 6) is 1.35. The van der Waals surface area contributed by atoms with Crippen LogP contribution >= 0.6 is 0 Å². The van der Waals surface area contributed by atoms with Crippen LogP contribution in [-0.2, 0) is 11.3 Å². The third kappa shape index (κ3) is 6.18. The molecular weight excluding hydrogens is 352 g/mol. The van der Waals surface area contributed by atoms with E-state index in [0.29, 0.717) is 30.4 Å². The molecule has 27 heavy (non-hydrogen) atoms. The van der Waals surface area contributed by atoms with E-state index in [1.807, 2.05) is 25.1 Å². The molecule has 0 unspecified atom stereocenters. The fourth-order valence-electron chi connectivity index (χ4n) is 2.22. The fraction of sp³-hybridized carbons (Fsp3) is 0.316. The van der Waals surface area contributed by atoms with Gasteiger partial charge < -0.3 is 19.5 Å². The number of benzene rings is 2. The number of hydrogen-bond acceptors (Lipinski definition) is 6. The second-order valence-electron chi connectivity index (χ2n) is 5.65. The average molecular weight is 374 g/mol. The zero-order chi connectivity index (χ0) is 19.6. The van der Waals surface area contributed by atoms with Gasteiger partial charge in [-0.1, -0.05) is 13.0 Å². The SMILES string of the molecule is CCCOc1ccc(CNC(=O)COc2ccc([N+](=O)[O-])cc2)cc1OC. The first-order valence-corrected chi connectivity index (χ1v) is 8.47. The van der Waals surface area contributed by atoms with Crippen LogP contribution in [0.4, 0.5) is 5.69 Å². The second kappa shape index (κ2) is 10.0. The molecule has 0 aliphatic carbocycles. The van der Waals surface area contributed by atoms with E-state index in [1.165, 1.54) is 24.3 Å². The van der Waals surface area contributed by atoms with Crippen LogP contribution in [0, 0.1) is 10.1 Å². The van der Waals surface area contributed by atoms with Crippen molar-refractivity contribution in [2.75, 3.05) is 20.3 Å². The highest BCUT2D eigenvalue weighted by atomic mass is 16.6. The highest BCUT2D eigenvalue weighted by Crippen LogP contribution is 2.28. The number of methoxy groups -OCH3 is 1. The molecule has 8 heteroatoms. The monoisotopic (exact) mass is 374 g/mol. The first-order valence-electron chi connectivity index (χ1n) is 8.47. The third-order valence-corrected chi connectivity index (χ3v) is 3.60. The molecule has 0 bridgehead atoms. The number of nitrogens with zero attached hydrogens (tertiary/aromatic N) is 1. The number of hydrogen-bond donors (Lipinski definition) is 1. The first-order chi connectivity index (χ1) is 13.0. The van der Waals surface area contributed by atoms with E-state index >= 15 is 0 Å². The smallest absolute Gasteiger partial charge is 0.269 e. The number of nitro benzene ring substituents is 1. The minimum Gasteiger partial charge on any atom is -0.493 e. The molecule has 8 nitrogen and oxygen atoms in total. The van der Waals surface area contributed by atoms with Crippen molar-refractivity contribution < 1.29 is 23.9 Å².